The fourth-order valence-electron chi connectivity index (χ4n) is 1.26. The van der Waals surface area contributed by atoms with E-state index >= 15 is 0 Å². The van der Waals surface area contributed by atoms with E-state index in [1.807, 2.05) is 0 Å². The van der Waals surface area contributed by atoms with Gasteiger partial charge in [0.25, 0.3) is 0 Å². The SMILES string of the molecule is CCC(C)[C@H]1CO[C@@H](C)C(=O)N1. The van der Waals surface area contributed by atoms with Crippen LogP contribution in [0.5, 0.6) is 0 Å². The molecular weight excluding hydrogens is 154 g/mol. The van der Waals surface area contributed by atoms with Gasteiger partial charge in [-0.15, -0.1) is 0 Å². The van der Waals surface area contributed by atoms with Crippen LogP contribution in [-0.4, -0.2) is 24.7 Å². The molecule has 0 radical (unpaired) electrons. The molecule has 0 bridgehead atoms. The lowest BCUT2D eigenvalue weighted by Crippen LogP contribution is -2.52. The van der Waals surface area contributed by atoms with E-state index in [-0.39, 0.29) is 18.1 Å². The van der Waals surface area contributed by atoms with E-state index in [4.69, 9.17) is 4.74 Å². The normalized spacial score (nSPS) is 32.8. The minimum absolute atomic E-state index is 0.0200. The molecule has 1 saturated heterocycles. The highest BCUT2D eigenvalue weighted by atomic mass is 16.5. The average molecular weight is 171 g/mol. The summed E-state index contributed by atoms with van der Waals surface area (Å²) in [5.74, 6) is 0.521. The molecule has 3 heteroatoms. The Bertz CT molecular complexity index is 170. The molecule has 70 valence electrons. The van der Waals surface area contributed by atoms with Gasteiger partial charge in [0.1, 0.15) is 6.10 Å². The van der Waals surface area contributed by atoms with Crippen LogP contribution in [0, 0.1) is 5.92 Å². The van der Waals surface area contributed by atoms with Crippen molar-refractivity contribution in [2.45, 2.75) is 39.3 Å². The van der Waals surface area contributed by atoms with Crippen LogP contribution < -0.4 is 5.32 Å². The lowest BCUT2D eigenvalue weighted by Gasteiger charge is -2.31. The van der Waals surface area contributed by atoms with Crippen LogP contribution in [-0.2, 0) is 9.53 Å². The molecule has 3 nitrogen and oxygen atoms in total. The summed E-state index contributed by atoms with van der Waals surface area (Å²) < 4.78 is 5.31. The van der Waals surface area contributed by atoms with Gasteiger partial charge in [-0.1, -0.05) is 20.3 Å². The Hall–Kier alpha value is -0.570. The Balaban J connectivity index is 2.45. The number of rotatable bonds is 2. The largest absolute Gasteiger partial charge is 0.367 e. The predicted molar refractivity (Wildman–Crippen MR) is 46.8 cm³/mol. The van der Waals surface area contributed by atoms with E-state index in [0.717, 1.165) is 6.42 Å². The first kappa shape index (κ1) is 9.52. The number of carbonyl (C=O) groups excluding carboxylic acids is 1. The molecule has 1 amide bonds. The summed E-state index contributed by atoms with van der Waals surface area (Å²) in [6.07, 6.45) is 0.799. The second-order valence-corrected chi connectivity index (χ2v) is 3.48. The Labute approximate surface area is 73.5 Å². The summed E-state index contributed by atoms with van der Waals surface area (Å²) in [6.45, 7) is 6.68. The Morgan fingerprint density at radius 2 is 2.42 bits per heavy atom. The van der Waals surface area contributed by atoms with E-state index in [9.17, 15) is 4.79 Å². The van der Waals surface area contributed by atoms with Crippen molar-refractivity contribution in [1.82, 2.24) is 5.32 Å². The molecule has 3 atom stereocenters. The first-order valence-corrected chi connectivity index (χ1v) is 4.57. The molecule has 1 aliphatic rings. The van der Waals surface area contributed by atoms with Gasteiger partial charge in [-0.25, -0.2) is 0 Å². The van der Waals surface area contributed by atoms with Gasteiger partial charge in [-0.3, -0.25) is 4.79 Å². The van der Waals surface area contributed by atoms with Crippen molar-refractivity contribution in [1.29, 1.82) is 0 Å². The zero-order chi connectivity index (χ0) is 9.14. The van der Waals surface area contributed by atoms with Crippen molar-refractivity contribution < 1.29 is 9.53 Å². The van der Waals surface area contributed by atoms with E-state index in [1.54, 1.807) is 6.92 Å². The van der Waals surface area contributed by atoms with Gasteiger partial charge in [0.05, 0.1) is 12.6 Å². The fourth-order valence-corrected chi connectivity index (χ4v) is 1.26. The van der Waals surface area contributed by atoms with Gasteiger partial charge in [-0.05, 0) is 12.8 Å². The van der Waals surface area contributed by atoms with Crippen molar-refractivity contribution in [3.63, 3.8) is 0 Å². The highest BCUT2D eigenvalue weighted by Crippen LogP contribution is 2.12. The molecule has 0 aromatic carbocycles. The molecule has 0 spiro atoms. The van der Waals surface area contributed by atoms with Crippen molar-refractivity contribution in [2.75, 3.05) is 6.61 Å². The summed E-state index contributed by atoms with van der Waals surface area (Å²) >= 11 is 0. The van der Waals surface area contributed by atoms with Crippen LogP contribution in [0.2, 0.25) is 0 Å². The lowest BCUT2D eigenvalue weighted by molar-refractivity contribution is -0.140. The van der Waals surface area contributed by atoms with Gasteiger partial charge in [-0.2, -0.15) is 0 Å². The molecule has 1 fully saturated rings. The van der Waals surface area contributed by atoms with Crippen LogP contribution in [0.15, 0.2) is 0 Å². The third-order valence-electron chi connectivity index (χ3n) is 2.55. The average Bonchev–Trinajstić information content (AvgIpc) is 2.08. The van der Waals surface area contributed by atoms with Crippen LogP contribution >= 0.6 is 0 Å². The molecule has 0 saturated carbocycles. The number of carbonyl (C=O) groups is 1. The van der Waals surface area contributed by atoms with Crippen molar-refractivity contribution in [2.24, 2.45) is 5.92 Å². The second-order valence-electron chi connectivity index (χ2n) is 3.48. The quantitative estimate of drug-likeness (QED) is 0.671. The van der Waals surface area contributed by atoms with Crippen LogP contribution in [0.3, 0.4) is 0 Å². The first-order valence-electron chi connectivity index (χ1n) is 4.57. The molecule has 12 heavy (non-hydrogen) atoms. The van der Waals surface area contributed by atoms with Gasteiger partial charge >= 0.3 is 0 Å². The lowest BCUT2D eigenvalue weighted by atomic mass is 9.98. The standard InChI is InChI=1S/C9H17NO2/c1-4-6(2)8-5-12-7(3)9(11)10-8/h6-8H,4-5H2,1-3H3,(H,10,11)/t6?,7-,8+/m0/s1. The number of morpholine rings is 1. The molecule has 0 aromatic heterocycles. The molecule has 1 N–H and O–H groups in total. The minimum Gasteiger partial charge on any atom is -0.367 e. The van der Waals surface area contributed by atoms with Crippen LogP contribution in [0.1, 0.15) is 27.2 Å². The minimum atomic E-state index is -0.273. The number of nitrogens with one attached hydrogen (secondary N) is 1. The Morgan fingerprint density at radius 3 is 2.92 bits per heavy atom. The van der Waals surface area contributed by atoms with E-state index in [0.29, 0.717) is 12.5 Å². The maximum atomic E-state index is 11.2. The van der Waals surface area contributed by atoms with Crippen LogP contribution in [0.4, 0.5) is 0 Å². The number of ether oxygens (including phenoxy) is 1. The van der Waals surface area contributed by atoms with Crippen molar-refractivity contribution in [3.8, 4) is 0 Å². The molecule has 0 aliphatic carbocycles. The highest BCUT2D eigenvalue weighted by molar-refractivity contribution is 5.81. The molecule has 1 heterocycles. The third kappa shape index (κ3) is 1.97. The van der Waals surface area contributed by atoms with Gasteiger partial charge in [0.2, 0.25) is 5.91 Å². The first-order chi connectivity index (χ1) is 5.65. The second kappa shape index (κ2) is 3.90. The summed E-state index contributed by atoms with van der Waals surface area (Å²) in [4.78, 5) is 11.2. The van der Waals surface area contributed by atoms with Crippen molar-refractivity contribution >= 4 is 5.91 Å². The third-order valence-corrected chi connectivity index (χ3v) is 2.55. The Kier molecular flexibility index (Phi) is 3.09. The molecule has 1 aliphatic heterocycles. The number of hydrogen-bond donors (Lipinski definition) is 1. The summed E-state index contributed by atoms with van der Waals surface area (Å²) in [6, 6.07) is 0.207. The fraction of sp³-hybridized carbons (Fsp3) is 0.889. The highest BCUT2D eigenvalue weighted by Gasteiger charge is 2.27. The summed E-state index contributed by atoms with van der Waals surface area (Å²) in [5.41, 5.74) is 0. The zero-order valence-corrected chi connectivity index (χ0v) is 7.96. The molecule has 1 unspecified atom stereocenters. The summed E-state index contributed by atoms with van der Waals surface area (Å²) in [5, 5.41) is 2.95. The van der Waals surface area contributed by atoms with Gasteiger partial charge < -0.3 is 10.1 Å². The van der Waals surface area contributed by atoms with Crippen molar-refractivity contribution in [3.05, 3.63) is 0 Å². The van der Waals surface area contributed by atoms with Gasteiger partial charge in [0.15, 0.2) is 0 Å². The summed E-state index contributed by atoms with van der Waals surface area (Å²) in [7, 11) is 0. The maximum Gasteiger partial charge on any atom is 0.249 e. The predicted octanol–water partition coefficient (Wildman–Crippen LogP) is 0.936. The van der Waals surface area contributed by atoms with Crippen LogP contribution in [0.25, 0.3) is 0 Å². The smallest absolute Gasteiger partial charge is 0.249 e. The molecule has 0 aromatic rings. The van der Waals surface area contributed by atoms with E-state index < -0.39 is 0 Å². The Morgan fingerprint density at radius 1 is 1.75 bits per heavy atom. The van der Waals surface area contributed by atoms with E-state index in [2.05, 4.69) is 19.2 Å². The molecular formula is C9H17NO2. The van der Waals surface area contributed by atoms with Gasteiger partial charge in [0, 0.05) is 0 Å². The molecule has 1 rings (SSSR count). The number of hydrogen-bond acceptors (Lipinski definition) is 2. The van der Waals surface area contributed by atoms with E-state index in [1.165, 1.54) is 0 Å². The topological polar surface area (TPSA) is 38.3 Å². The monoisotopic (exact) mass is 171 g/mol. The number of amides is 1. The zero-order valence-electron chi connectivity index (χ0n) is 7.96. The maximum absolute atomic E-state index is 11.2.